The molecule has 0 aromatic heterocycles. The van der Waals surface area contributed by atoms with Crippen molar-refractivity contribution in [3.63, 3.8) is 0 Å². The number of phenolic OH excluding ortho intramolecular Hbond substituents is 1. The van der Waals surface area contributed by atoms with Gasteiger partial charge >= 0.3 is 0 Å². The van der Waals surface area contributed by atoms with E-state index in [0.29, 0.717) is 18.6 Å². The topological polar surface area (TPSA) is 128 Å². The second kappa shape index (κ2) is 12.7. The van der Waals surface area contributed by atoms with Crippen LogP contribution in [0.25, 0.3) is 0 Å². The number of thioether (sulfide) groups is 1. The number of carbonyl (C=O) groups excluding carboxylic acids is 3. The van der Waals surface area contributed by atoms with E-state index in [1.165, 1.54) is 22.7 Å². The van der Waals surface area contributed by atoms with Gasteiger partial charge in [0.1, 0.15) is 17.5 Å². The van der Waals surface area contributed by atoms with Crippen molar-refractivity contribution in [2.24, 2.45) is 0 Å². The van der Waals surface area contributed by atoms with Gasteiger partial charge in [0.05, 0.1) is 24.6 Å². The van der Waals surface area contributed by atoms with Crippen LogP contribution in [0.3, 0.4) is 0 Å². The van der Waals surface area contributed by atoms with E-state index in [1.54, 1.807) is 19.1 Å². The minimum absolute atomic E-state index is 0.0267. The summed E-state index contributed by atoms with van der Waals surface area (Å²) in [6.45, 7) is 5.91. The number of nitrogens with one attached hydrogen (secondary N) is 2. The molecule has 4 atom stereocenters. The summed E-state index contributed by atoms with van der Waals surface area (Å²) in [5, 5.41) is 27.6. The second-order valence-electron chi connectivity index (χ2n) is 11.5. The van der Waals surface area contributed by atoms with E-state index in [4.69, 9.17) is 4.74 Å². The molecule has 4 N–H and O–H groups in total. The van der Waals surface area contributed by atoms with Gasteiger partial charge in [-0.25, -0.2) is 0 Å². The zero-order valence-corrected chi connectivity index (χ0v) is 25.3. The zero-order valence-electron chi connectivity index (χ0n) is 24.4. The summed E-state index contributed by atoms with van der Waals surface area (Å²) in [5.74, 6) is -0.561. The number of fused-ring (bicyclic) bond motifs is 1. The Hall–Kier alpha value is -4.02. The van der Waals surface area contributed by atoms with Crippen LogP contribution in [0.5, 0.6) is 11.5 Å². The largest absolute Gasteiger partial charge is 0.508 e. The number of nitrogens with zero attached hydrogens (tertiary/aromatic N) is 1. The fourth-order valence-corrected chi connectivity index (χ4v) is 6.86. The SMILES string of the molecule is Cc1c(O)cccc1C(=O)NC(Cc1ccccc1)C(O)C(=O)N1CSC(C)(C)C1C(=O)NC1CCOc2ccccc21. The Balaban J connectivity index is 1.38. The highest BCUT2D eigenvalue weighted by molar-refractivity contribution is 8.00. The van der Waals surface area contributed by atoms with Gasteiger partial charge in [-0.2, -0.15) is 0 Å². The van der Waals surface area contributed by atoms with Crippen LogP contribution in [-0.2, 0) is 16.0 Å². The third-order valence-electron chi connectivity index (χ3n) is 8.15. The highest BCUT2D eigenvalue weighted by atomic mass is 32.2. The molecular formula is C33H37N3O6S. The average molecular weight is 604 g/mol. The minimum Gasteiger partial charge on any atom is -0.508 e. The van der Waals surface area contributed by atoms with Crippen LogP contribution >= 0.6 is 11.8 Å². The minimum atomic E-state index is -1.63. The molecule has 0 radical (unpaired) electrons. The molecule has 9 nitrogen and oxygen atoms in total. The van der Waals surface area contributed by atoms with Crippen molar-refractivity contribution in [3.8, 4) is 11.5 Å². The lowest BCUT2D eigenvalue weighted by atomic mass is 9.95. The Labute approximate surface area is 255 Å². The van der Waals surface area contributed by atoms with Crippen molar-refractivity contribution in [2.45, 2.75) is 62.6 Å². The number of aliphatic hydroxyl groups is 1. The normalized spacial score (nSPS) is 20.3. The summed E-state index contributed by atoms with van der Waals surface area (Å²) in [4.78, 5) is 42.6. The molecule has 1 fully saturated rings. The van der Waals surface area contributed by atoms with Gasteiger partial charge in [0.15, 0.2) is 6.10 Å². The Kier molecular flexibility index (Phi) is 8.98. The zero-order chi connectivity index (χ0) is 30.7. The first-order chi connectivity index (χ1) is 20.6. The molecule has 4 unspecified atom stereocenters. The van der Waals surface area contributed by atoms with Crippen molar-refractivity contribution >= 4 is 29.5 Å². The molecule has 5 rings (SSSR count). The summed E-state index contributed by atoms with van der Waals surface area (Å²) in [7, 11) is 0. The summed E-state index contributed by atoms with van der Waals surface area (Å²) in [5.41, 5.74) is 2.33. The number of benzene rings is 3. The number of hydrogen-bond donors (Lipinski definition) is 4. The summed E-state index contributed by atoms with van der Waals surface area (Å²) in [6.07, 6.45) is -0.855. The van der Waals surface area contributed by atoms with E-state index in [1.807, 2.05) is 68.4 Å². The van der Waals surface area contributed by atoms with Crippen molar-refractivity contribution in [1.29, 1.82) is 0 Å². The number of aromatic hydroxyl groups is 1. The van der Waals surface area contributed by atoms with E-state index < -0.39 is 34.7 Å². The average Bonchev–Trinajstić information content (AvgIpc) is 3.32. The number of rotatable bonds is 8. The molecule has 0 spiro atoms. The molecule has 226 valence electrons. The van der Waals surface area contributed by atoms with Gasteiger partial charge in [-0.15, -0.1) is 11.8 Å². The molecule has 0 aliphatic carbocycles. The summed E-state index contributed by atoms with van der Waals surface area (Å²) < 4.78 is 5.12. The highest BCUT2D eigenvalue weighted by Gasteiger charge is 2.50. The van der Waals surface area contributed by atoms with E-state index >= 15 is 0 Å². The first-order valence-electron chi connectivity index (χ1n) is 14.3. The van der Waals surface area contributed by atoms with Gasteiger partial charge in [-0.05, 0) is 51.0 Å². The molecule has 10 heteroatoms. The van der Waals surface area contributed by atoms with E-state index in [9.17, 15) is 24.6 Å². The number of phenols is 1. The number of amides is 3. The molecule has 0 bridgehead atoms. The molecule has 1 saturated heterocycles. The predicted octanol–water partition coefficient (Wildman–Crippen LogP) is 3.72. The standard InChI is InChI=1S/C33H37N3O6S/c1-20-22(13-9-14-26(20)37)30(39)35-25(18-21-10-5-4-6-11-21)28(38)32(41)36-19-43-33(2,3)29(36)31(40)34-24-16-17-42-27-15-8-7-12-23(24)27/h4-15,24-25,28-29,37-38H,16-19H2,1-3H3,(H,34,40)(H,35,39). The maximum Gasteiger partial charge on any atom is 0.254 e. The van der Waals surface area contributed by atoms with Gasteiger partial charge < -0.3 is 30.5 Å². The number of aliphatic hydroxyl groups excluding tert-OH is 1. The number of ether oxygens (including phenoxy) is 1. The Morgan fingerprint density at radius 2 is 1.77 bits per heavy atom. The van der Waals surface area contributed by atoms with Crippen LogP contribution in [0.15, 0.2) is 72.8 Å². The van der Waals surface area contributed by atoms with Crippen molar-refractivity contribution in [1.82, 2.24) is 15.5 Å². The number of hydrogen-bond acceptors (Lipinski definition) is 7. The summed E-state index contributed by atoms with van der Waals surface area (Å²) >= 11 is 1.46. The van der Waals surface area contributed by atoms with Crippen molar-refractivity contribution < 1.29 is 29.3 Å². The first kappa shape index (κ1) is 30.4. The van der Waals surface area contributed by atoms with Crippen LogP contribution in [0, 0.1) is 6.92 Å². The van der Waals surface area contributed by atoms with Crippen molar-refractivity contribution in [2.75, 3.05) is 12.5 Å². The number of carbonyl (C=O) groups is 3. The smallest absolute Gasteiger partial charge is 0.254 e. The Bertz CT molecular complexity index is 1500. The van der Waals surface area contributed by atoms with Crippen molar-refractivity contribution in [3.05, 3.63) is 95.1 Å². The molecule has 43 heavy (non-hydrogen) atoms. The van der Waals surface area contributed by atoms with Gasteiger partial charge in [0.2, 0.25) is 5.91 Å². The lowest BCUT2D eigenvalue weighted by Gasteiger charge is -2.35. The molecule has 2 aliphatic rings. The third-order valence-corrected chi connectivity index (χ3v) is 9.53. The molecule has 2 aliphatic heterocycles. The maximum absolute atomic E-state index is 14.0. The maximum atomic E-state index is 14.0. The number of para-hydroxylation sites is 1. The van der Waals surface area contributed by atoms with E-state index in [2.05, 4.69) is 10.6 Å². The molecular weight excluding hydrogens is 566 g/mol. The van der Waals surface area contributed by atoms with Crippen LogP contribution < -0.4 is 15.4 Å². The molecule has 3 aromatic rings. The Morgan fingerprint density at radius 3 is 2.53 bits per heavy atom. The van der Waals surface area contributed by atoms with E-state index in [-0.39, 0.29) is 35.6 Å². The third kappa shape index (κ3) is 6.50. The summed E-state index contributed by atoms with van der Waals surface area (Å²) in [6, 6.07) is 19.3. The molecule has 2 heterocycles. The van der Waals surface area contributed by atoms with E-state index in [0.717, 1.165) is 16.9 Å². The first-order valence-corrected chi connectivity index (χ1v) is 15.3. The quantitative estimate of drug-likeness (QED) is 0.309. The monoisotopic (exact) mass is 603 g/mol. The van der Waals surface area contributed by atoms with Crippen LogP contribution in [0.4, 0.5) is 0 Å². The highest BCUT2D eigenvalue weighted by Crippen LogP contribution is 2.41. The molecule has 3 amide bonds. The van der Waals surface area contributed by atoms with Gasteiger partial charge in [0, 0.05) is 27.9 Å². The van der Waals surface area contributed by atoms with Gasteiger partial charge in [-0.3, -0.25) is 14.4 Å². The van der Waals surface area contributed by atoms with Gasteiger partial charge in [0.25, 0.3) is 11.8 Å². The van der Waals surface area contributed by atoms with Crippen LogP contribution in [0.1, 0.15) is 53.4 Å². The predicted molar refractivity (Wildman–Crippen MR) is 165 cm³/mol. The van der Waals surface area contributed by atoms with Crippen LogP contribution in [-0.4, -0.2) is 68.3 Å². The van der Waals surface area contributed by atoms with Gasteiger partial charge in [-0.1, -0.05) is 54.6 Å². The molecule has 3 aromatic carbocycles. The Morgan fingerprint density at radius 1 is 1.05 bits per heavy atom. The fraction of sp³-hybridized carbons (Fsp3) is 0.364. The lowest BCUT2D eigenvalue weighted by molar-refractivity contribution is -0.147. The fourth-order valence-electron chi connectivity index (χ4n) is 5.72. The van der Waals surface area contributed by atoms with Crippen LogP contribution in [0.2, 0.25) is 0 Å². The molecule has 0 saturated carbocycles. The second-order valence-corrected chi connectivity index (χ2v) is 13.1. The lowest BCUT2D eigenvalue weighted by Crippen LogP contribution is -2.59.